The van der Waals surface area contributed by atoms with Gasteiger partial charge in [0, 0.05) is 21.8 Å². The van der Waals surface area contributed by atoms with Crippen molar-refractivity contribution in [2.75, 3.05) is 0 Å². The highest BCUT2D eigenvalue weighted by molar-refractivity contribution is 7.11. The molecule has 0 amide bonds. The van der Waals surface area contributed by atoms with Gasteiger partial charge in [-0.15, -0.1) is 22.7 Å². The van der Waals surface area contributed by atoms with Crippen LogP contribution in [0.5, 0.6) is 0 Å². The summed E-state index contributed by atoms with van der Waals surface area (Å²) >= 11 is 3.34. The maximum absolute atomic E-state index is 5.85. The zero-order valence-corrected chi connectivity index (χ0v) is 13.0. The van der Waals surface area contributed by atoms with Crippen molar-refractivity contribution in [2.24, 2.45) is 0 Å². The molecule has 4 rings (SSSR count). The molecular weight excluding hydrogens is 300 g/mol. The average Bonchev–Trinajstić information content (AvgIpc) is 3.18. The second-order valence-corrected chi connectivity index (χ2v) is 6.72. The van der Waals surface area contributed by atoms with Crippen molar-refractivity contribution >= 4 is 33.6 Å². The van der Waals surface area contributed by atoms with Crippen LogP contribution in [0.15, 0.2) is 45.5 Å². The van der Waals surface area contributed by atoms with Gasteiger partial charge in [-0.05, 0) is 19.1 Å². The van der Waals surface area contributed by atoms with E-state index in [2.05, 4.69) is 15.3 Å². The molecule has 0 spiro atoms. The highest BCUT2D eigenvalue weighted by Gasteiger charge is 2.11. The zero-order chi connectivity index (χ0) is 14.2. The second-order valence-electron chi connectivity index (χ2n) is 4.83. The number of aryl methyl sites for hydroxylation is 1. The van der Waals surface area contributed by atoms with Crippen LogP contribution in [0.25, 0.3) is 22.4 Å². The Balaban J connectivity index is 1.64. The molecule has 0 N–H and O–H groups in total. The monoisotopic (exact) mass is 312 g/mol. The summed E-state index contributed by atoms with van der Waals surface area (Å²) in [7, 11) is 0. The first-order valence-electron chi connectivity index (χ1n) is 6.62. The molecule has 21 heavy (non-hydrogen) atoms. The van der Waals surface area contributed by atoms with Gasteiger partial charge in [-0.2, -0.15) is 0 Å². The van der Waals surface area contributed by atoms with E-state index in [-0.39, 0.29) is 0 Å². The van der Waals surface area contributed by atoms with Crippen molar-refractivity contribution in [2.45, 2.75) is 13.3 Å². The van der Waals surface area contributed by atoms with Crippen molar-refractivity contribution in [1.82, 2.24) is 9.97 Å². The summed E-state index contributed by atoms with van der Waals surface area (Å²) in [6.07, 6.45) is 0.795. The number of para-hydroxylation sites is 1. The van der Waals surface area contributed by atoms with E-state index in [4.69, 9.17) is 4.42 Å². The Kier molecular flexibility index (Phi) is 3.09. The first-order valence-corrected chi connectivity index (χ1v) is 8.38. The maximum Gasteiger partial charge on any atom is 0.154 e. The summed E-state index contributed by atoms with van der Waals surface area (Å²) in [6.45, 7) is 2.02. The smallest absolute Gasteiger partial charge is 0.154 e. The van der Waals surface area contributed by atoms with Gasteiger partial charge in [0.05, 0.1) is 11.4 Å². The quantitative estimate of drug-likeness (QED) is 0.539. The minimum Gasteiger partial charge on any atom is -0.454 e. The van der Waals surface area contributed by atoms with Crippen LogP contribution >= 0.6 is 22.7 Å². The molecule has 0 aliphatic carbocycles. The minimum absolute atomic E-state index is 0.795. The number of benzene rings is 1. The number of aromatic nitrogens is 2. The summed E-state index contributed by atoms with van der Waals surface area (Å²) in [5.41, 5.74) is 2.88. The van der Waals surface area contributed by atoms with Crippen LogP contribution in [0.2, 0.25) is 0 Å². The average molecular weight is 312 g/mol. The van der Waals surface area contributed by atoms with Gasteiger partial charge < -0.3 is 4.42 Å². The summed E-state index contributed by atoms with van der Waals surface area (Å²) in [6, 6.07) is 10.1. The van der Waals surface area contributed by atoms with Crippen LogP contribution in [0.1, 0.15) is 15.7 Å². The van der Waals surface area contributed by atoms with Crippen LogP contribution in [0, 0.1) is 6.92 Å². The van der Waals surface area contributed by atoms with Crippen molar-refractivity contribution in [3.63, 3.8) is 0 Å². The van der Waals surface area contributed by atoms with Crippen LogP contribution in [0.3, 0.4) is 0 Å². The highest BCUT2D eigenvalue weighted by Crippen LogP contribution is 2.29. The van der Waals surface area contributed by atoms with Crippen molar-refractivity contribution in [3.05, 3.63) is 56.8 Å². The van der Waals surface area contributed by atoms with Gasteiger partial charge in [-0.1, -0.05) is 18.2 Å². The van der Waals surface area contributed by atoms with Crippen LogP contribution in [-0.4, -0.2) is 9.97 Å². The number of thiazole rings is 2. The molecule has 0 aliphatic rings. The van der Waals surface area contributed by atoms with Gasteiger partial charge in [0.25, 0.3) is 0 Å². The van der Waals surface area contributed by atoms with Crippen LogP contribution < -0.4 is 0 Å². The first-order chi connectivity index (χ1) is 10.3. The molecule has 0 unspecified atom stereocenters. The topological polar surface area (TPSA) is 38.9 Å². The van der Waals surface area contributed by atoms with E-state index in [9.17, 15) is 0 Å². The Bertz CT molecular complexity index is 871. The molecule has 0 saturated heterocycles. The summed E-state index contributed by atoms with van der Waals surface area (Å²) in [5.74, 6) is 0.828. The predicted octanol–water partition coefficient (Wildman–Crippen LogP) is 4.91. The lowest BCUT2D eigenvalue weighted by Crippen LogP contribution is -1.86. The highest BCUT2D eigenvalue weighted by atomic mass is 32.1. The van der Waals surface area contributed by atoms with Crippen molar-refractivity contribution in [1.29, 1.82) is 0 Å². The standard InChI is InChI=1S/C16H12N2OS2/c1-10-8-20-15(17-10)7-16-18-12(9-21-16)14-6-11-4-2-3-5-13(11)19-14/h2-6,8-9H,7H2,1H3. The first kappa shape index (κ1) is 12.7. The van der Waals surface area contributed by atoms with Crippen molar-refractivity contribution in [3.8, 4) is 11.5 Å². The molecule has 104 valence electrons. The number of nitrogens with zero attached hydrogens (tertiary/aromatic N) is 2. The summed E-state index contributed by atoms with van der Waals surface area (Å²) in [4.78, 5) is 9.16. The number of furan rings is 1. The van der Waals surface area contributed by atoms with Crippen molar-refractivity contribution < 1.29 is 4.42 Å². The Labute approximate surface area is 129 Å². The Morgan fingerprint density at radius 2 is 1.86 bits per heavy atom. The Morgan fingerprint density at radius 3 is 2.67 bits per heavy atom. The van der Waals surface area contributed by atoms with Gasteiger partial charge in [0.1, 0.15) is 16.3 Å². The fourth-order valence-corrected chi connectivity index (χ4v) is 3.88. The summed E-state index contributed by atoms with van der Waals surface area (Å²) in [5, 5.41) is 7.41. The molecule has 0 saturated carbocycles. The lowest BCUT2D eigenvalue weighted by Gasteiger charge is -1.91. The van der Waals surface area contributed by atoms with E-state index in [1.165, 1.54) is 0 Å². The van der Waals surface area contributed by atoms with Gasteiger partial charge in [-0.25, -0.2) is 9.97 Å². The number of hydrogen-bond acceptors (Lipinski definition) is 5. The minimum atomic E-state index is 0.795. The largest absolute Gasteiger partial charge is 0.454 e. The fraction of sp³-hybridized carbons (Fsp3) is 0.125. The molecule has 3 nitrogen and oxygen atoms in total. The van der Waals surface area contributed by atoms with Gasteiger partial charge >= 0.3 is 0 Å². The predicted molar refractivity (Wildman–Crippen MR) is 87.0 cm³/mol. The molecule has 4 aromatic rings. The molecular formula is C16H12N2OS2. The van der Waals surface area contributed by atoms with Gasteiger partial charge in [0.15, 0.2) is 5.76 Å². The SMILES string of the molecule is Cc1csc(Cc2nc(-c3cc4ccccc4o3)cs2)n1. The third-order valence-corrected chi connectivity index (χ3v) is 5.01. The molecule has 0 bridgehead atoms. The van der Waals surface area contributed by atoms with E-state index in [0.717, 1.165) is 44.6 Å². The molecule has 0 fully saturated rings. The molecule has 3 heterocycles. The second kappa shape index (κ2) is 5.09. The van der Waals surface area contributed by atoms with E-state index >= 15 is 0 Å². The van der Waals surface area contributed by atoms with Crippen LogP contribution in [0.4, 0.5) is 0 Å². The molecule has 5 heteroatoms. The van der Waals surface area contributed by atoms with Gasteiger partial charge in [-0.3, -0.25) is 0 Å². The van der Waals surface area contributed by atoms with E-state index in [1.807, 2.05) is 42.6 Å². The molecule has 0 atom stereocenters. The Hall–Kier alpha value is -1.98. The molecule has 0 aliphatic heterocycles. The van der Waals surface area contributed by atoms with E-state index in [1.54, 1.807) is 22.7 Å². The summed E-state index contributed by atoms with van der Waals surface area (Å²) < 4.78 is 5.85. The third-order valence-electron chi connectivity index (χ3n) is 3.20. The molecule has 3 aromatic heterocycles. The number of rotatable bonds is 3. The van der Waals surface area contributed by atoms with E-state index < -0.39 is 0 Å². The van der Waals surface area contributed by atoms with E-state index in [0.29, 0.717) is 0 Å². The molecule has 1 aromatic carbocycles. The lowest BCUT2D eigenvalue weighted by molar-refractivity contribution is 0.629. The third kappa shape index (κ3) is 2.50. The maximum atomic E-state index is 5.85. The zero-order valence-electron chi connectivity index (χ0n) is 11.4. The fourth-order valence-electron chi connectivity index (χ4n) is 2.23. The Morgan fingerprint density at radius 1 is 1.05 bits per heavy atom. The van der Waals surface area contributed by atoms with Crippen LogP contribution in [-0.2, 0) is 6.42 Å². The lowest BCUT2D eigenvalue weighted by atomic mass is 10.2. The normalized spacial score (nSPS) is 11.3. The number of hydrogen-bond donors (Lipinski definition) is 0. The van der Waals surface area contributed by atoms with Gasteiger partial charge in [0.2, 0.25) is 0 Å². The molecule has 0 radical (unpaired) electrons. The number of fused-ring (bicyclic) bond motifs is 1.